The molecule has 6 heteroatoms. The van der Waals surface area contributed by atoms with E-state index in [1.165, 1.54) is 6.21 Å². The van der Waals surface area contributed by atoms with Gasteiger partial charge in [-0.25, -0.2) is 0 Å². The Morgan fingerprint density at radius 2 is 1.89 bits per heavy atom. The molecule has 0 saturated carbocycles. The second-order valence-electron chi connectivity index (χ2n) is 3.89. The maximum atomic E-state index is 8.40. The molecule has 0 aliphatic heterocycles. The molecule has 0 saturated heterocycles. The summed E-state index contributed by atoms with van der Waals surface area (Å²) in [5.41, 5.74) is 0.822. The summed E-state index contributed by atoms with van der Waals surface area (Å²) in [6, 6.07) is 7.33. The average molecular weight is 280 g/mol. The Bertz CT molecular complexity index is 558. The summed E-state index contributed by atoms with van der Waals surface area (Å²) < 4.78 is 9.28. The molecular formula is C13H14ClN3O2+2. The first kappa shape index (κ1) is 13.5. The number of rotatable bonds is 5. The summed E-state index contributed by atoms with van der Waals surface area (Å²) in [5.74, 6) is 0. The third-order valence-corrected chi connectivity index (χ3v) is 2.65. The van der Waals surface area contributed by atoms with Gasteiger partial charge in [-0.15, -0.1) is 0 Å². The fraction of sp³-hybridized carbons (Fsp3) is 0.154. The molecule has 5 nitrogen and oxygen atoms in total. The summed E-state index contributed by atoms with van der Waals surface area (Å²) in [6.07, 6.45) is 8.75. The topological polar surface area (TPSA) is 49.6 Å². The number of ether oxygens (including phenoxy) is 1. The van der Waals surface area contributed by atoms with Crippen molar-refractivity contribution in [3.8, 4) is 0 Å². The van der Waals surface area contributed by atoms with Crippen molar-refractivity contribution in [1.29, 1.82) is 0 Å². The van der Waals surface area contributed by atoms with Gasteiger partial charge in [-0.1, -0.05) is 16.8 Å². The number of oxime groups is 1. The number of halogens is 1. The van der Waals surface area contributed by atoms with Crippen molar-refractivity contribution < 1.29 is 19.1 Å². The summed E-state index contributed by atoms with van der Waals surface area (Å²) in [6.45, 7) is 0.851. The maximum Gasteiger partial charge on any atom is 0.257 e. The minimum Gasteiger partial charge on any atom is -0.411 e. The molecule has 0 bridgehead atoms. The van der Waals surface area contributed by atoms with Gasteiger partial charge < -0.3 is 5.21 Å². The third kappa shape index (κ3) is 4.31. The van der Waals surface area contributed by atoms with Crippen LogP contribution < -0.4 is 9.13 Å². The highest BCUT2D eigenvalue weighted by Crippen LogP contribution is 2.01. The molecule has 0 aliphatic carbocycles. The average Bonchev–Trinajstić information content (AvgIpc) is 2.41. The monoisotopic (exact) mass is 279 g/mol. The van der Waals surface area contributed by atoms with Crippen LogP contribution in [0.3, 0.4) is 0 Å². The van der Waals surface area contributed by atoms with E-state index in [0.29, 0.717) is 18.5 Å². The zero-order chi connectivity index (χ0) is 13.5. The van der Waals surface area contributed by atoms with Gasteiger partial charge in [0, 0.05) is 23.8 Å². The van der Waals surface area contributed by atoms with Crippen LogP contribution in [0.2, 0.25) is 5.02 Å². The lowest BCUT2D eigenvalue weighted by Crippen LogP contribution is -2.40. The molecule has 2 heterocycles. The van der Waals surface area contributed by atoms with Crippen molar-refractivity contribution >= 4 is 17.8 Å². The maximum absolute atomic E-state index is 8.40. The van der Waals surface area contributed by atoms with Crippen molar-refractivity contribution in [3.05, 3.63) is 59.6 Å². The summed E-state index contributed by atoms with van der Waals surface area (Å²) in [4.78, 5) is 0. The first-order chi connectivity index (χ1) is 9.28. The smallest absolute Gasteiger partial charge is 0.257 e. The zero-order valence-electron chi connectivity index (χ0n) is 10.2. The Kier molecular flexibility index (Phi) is 4.83. The van der Waals surface area contributed by atoms with E-state index in [1.807, 2.05) is 52.0 Å². The van der Waals surface area contributed by atoms with E-state index < -0.39 is 0 Å². The summed E-state index contributed by atoms with van der Waals surface area (Å²) in [7, 11) is 0. The lowest BCUT2D eigenvalue weighted by molar-refractivity contribution is -0.788. The molecule has 19 heavy (non-hydrogen) atoms. The highest BCUT2D eigenvalue weighted by atomic mass is 35.5. The normalized spacial score (nSPS) is 11.0. The highest BCUT2D eigenvalue weighted by molar-refractivity contribution is 6.30. The fourth-order valence-electron chi connectivity index (χ4n) is 1.53. The van der Waals surface area contributed by atoms with E-state index in [2.05, 4.69) is 5.16 Å². The van der Waals surface area contributed by atoms with Crippen molar-refractivity contribution in [1.82, 2.24) is 0 Å². The molecule has 0 unspecified atom stereocenters. The van der Waals surface area contributed by atoms with Crippen LogP contribution >= 0.6 is 11.6 Å². The molecule has 0 atom stereocenters. The van der Waals surface area contributed by atoms with Gasteiger partial charge in [-0.05, 0) is 6.07 Å². The number of hydrogen-bond donors (Lipinski definition) is 1. The third-order valence-electron chi connectivity index (χ3n) is 2.43. The minimum atomic E-state index is 0.424. The standard InChI is InChI=1S/C13H13ClN3O2/c14-13-2-1-5-17(9-13)11-19-10-16-6-3-12(4-7-16)8-15-18/h1-9H,10-11H2/q+1/p+1. The molecule has 2 rings (SSSR count). The van der Waals surface area contributed by atoms with Crippen LogP contribution in [0.4, 0.5) is 0 Å². The van der Waals surface area contributed by atoms with Crippen LogP contribution in [-0.4, -0.2) is 11.4 Å². The lowest BCUT2D eigenvalue weighted by Gasteiger charge is -1.98. The molecule has 0 spiro atoms. The second kappa shape index (κ2) is 6.82. The van der Waals surface area contributed by atoms with Gasteiger partial charge in [0.25, 0.3) is 13.5 Å². The molecular weight excluding hydrogens is 266 g/mol. The summed E-state index contributed by atoms with van der Waals surface area (Å²) >= 11 is 5.87. The van der Waals surface area contributed by atoms with Crippen LogP contribution in [0.25, 0.3) is 0 Å². The fourth-order valence-corrected chi connectivity index (χ4v) is 1.73. The number of aromatic nitrogens is 2. The Hall–Kier alpha value is -1.98. The SMILES string of the molecule is O/N=C\c1cc[n+](COC[n+]2cccc(Cl)c2)cc1. The Morgan fingerprint density at radius 1 is 1.16 bits per heavy atom. The molecule has 0 fully saturated rings. The van der Waals surface area contributed by atoms with E-state index in [4.69, 9.17) is 21.5 Å². The molecule has 0 aliphatic rings. The summed E-state index contributed by atoms with van der Waals surface area (Å²) in [5, 5.41) is 12.0. The van der Waals surface area contributed by atoms with E-state index in [1.54, 1.807) is 6.20 Å². The van der Waals surface area contributed by atoms with Crippen molar-refractivity contribution in [2.24, 2.45) is 5.16 Å². The second-order valence-corrected chi connectivity index (χ2v) is 4.33. The molecule has 2 aromatic rings. The van der Waals surface area contributed by atoms with Crippen molar-refractivity contribution in [3.63, 3.8) is 0 Å². The van der Waals surface area contributed by atoms with Gasteiger partial charge in [-0.2, -0.15) is 9.13 Å². The molecule has 0 amide bonds. The van der Waals surface area contributed by atoms with Crippen LogP contribution in [0.5, 0.6) is 0 Å². The Morgan fingerprint density at radius 3 is 2.58 bits per heavy atom. The quantitative estimate of drug-likeness (QED) is 0.389. The number of nitrogens with zero attached hydrogens (tertiary/aromatic N) is 3. The molecule has 98 valence electrons. The lowest BCUT2D eigenvalue weighted by atomic mass is 10.3. The molecule has 0 radical (unpaired) electrons. The number of pyridine rings is 2. The molecule has 1 N–H and O–H groups in total. The minimum absolute atomic E-state index is 0.424. The first-order valence-corrected chi connectivity index (χ1v) is 6.04. The van der Waals surface area contributed by atoms with Gasteiger partial charge >= 0.3 is 0 Å². The first-order valence-electron chi connectivity index (χ1n) is 5.67. The highest BCUT2D eigenvalue weighted by Gasteiger charge is 2.04. The van der Waals surface area contributed by atoms with E-state index >= 15 is 0 Å². The van der Waals surface area contributed by atoms with Gasteiger partial charge in [-0.3, -0.25) is 4.74 Å². The van der Waals surface area contributed by atoms with Crippen LogP contribution in [0.15, 0.2) is 54.2 Å². The molecule has 0 aromatic carbocycles. The van der Waals surface area contributed by atoms with Crippen LogP contribution in [-0.2, 0) is 18.2 Å². The van der Waals surface area contributed by atoms with E-state index in [9.17, 15) is 0 Å². The van der Waals surface area contributed by atoms with Gasteiger partial charge in [0.05, 0.1) is 6.21 Å². The zero-order valence-corrected chi connectivity index (χ0v) is 10.9. The van der Waals surface area contributed by atoms with Gasteiger partial charge in [0.15, 0.2) is 24.8 Å². The van der Waals surface area contributed by atoms with Gasteiger partial charge in [0.1, 0.15) is 5.02 Å². The van der Waals surface area contributed by atoms with E-state index in [0.717, 1.165) is 5.56 Å². The van der Waals surface area contributed by atoms with Crippen LogP contribution in [0.1, 0.15) is 5.56 Å². The Labute approximate surface area is 116 Å². The van der Waals surface area contributed by atoms with E-state index in [-0.39, 0.29) is 0 Å². The number of hydrogen-bond acceptors (Lipinski definition) is 3. The predicted molar refractivity (Wildman–Crippen MR) is 68.7 cm³/mol. The predicted octanol–water partition coefficient (Wildman–Crippen LogP) is 1.35. The Balaban J connectivity index is 1.85. The van der Waals surface area contributed by atoms with Crippen molar-refractivity contribution in [2.75, 3.05) is 0 Å². The van der Waals surface area contributed by atoms with Crippen LogP contribution in [0, 0.1) is 0 Å². The van der Waals surface area contributed by atoms with Crippen molar-refractivity contribution in [2.45, 2.75) is 13.5 Å². The molecule has 2 aromatic heterocycles. The van der Waals surface area contributed by atoms with Gasteiger partial charge in [0.2, 0.25) is 0 Å². The largest absolute Gasteiger partial charge is 0.411 e.